The van der Waals surface area contributed by atoms with Gasteiger partial charge in [0.2, 0.25) is 0 Å². The van der Waals surface area contributed by atoms with Crippen LogP contribution < -0.4 is 10.2 Å². The highest BCUT2D eigenvalue weighted by Crippen LogP contribution is 2.30. The summed E-state index contributed by atoms with van der Waals surface area (Å²) in [6.07, 6.45) is 5.75. The minimum absolute atomic E-state index is 0.00575. The number of piperidine rings is 1. The number of hydrogen-bond acceptors (Lipinski definition) is 6. The minimum Gasteiger partial charge on any atom is -0.353 e. The van der Waals surface area contributed by atoms with Gasteiger partial charge in [-0.05, 0) is 40.4 Å². The van der Waals surface area contributed by atoms with E-state index in [2.05, 4.69) is 47.4 Å². The highest BCUT2D eigenvalue weighted by Gasteiger charge is 2.33. The predicted octanol–water partition coefficient (Wildman–Crippen LogP) is 1.74. The first kappa shape index (κ1) is 17.3. The summed E-state index contributed by atoms with van der Waals surface area (Å²) < 4.78 is 1.91. The number of nitrogens with one attached hydrogen (secondary N) is 1. The Hall–Kier alpha value is -2.17. The first-order valence-corrected chi connectivity index (χ1v) is 9.49. The van der Waals surface area contributed by atoms with E-state index in [4.69, 9.17) is 10.1 Å². The monoisotopic (exact) mass is 353 g/mol. The molecule has 138 valence electrons. The number of fused-ring (bicyclic) bond motifs is 1. The van der Waals surface area contributed by atoms with Crippen LogP contribution in [0.15, 0.2) is 12.3 Å². The molecule has 0 aromatic carbocycles. The van der Waals surface area contributed by atoms with Gasteiger partial charge in [-0.25, -0.2) is 9.50 Å². The second-order valence-electron chi connectivity index (χ2n) is 7.65. The first-order valence-electron chi connectivity index (χ1n) is 9.49. The lowest BCUT2D eigenvalue weighted by Crippen LogP contribution is -2.33. The smallest absolute Gasteiger partial charge is 0.157 e. The van der Waals surface area contributed by atoms with Crippen LogP contribution in [0.1, 0.15) is 36.6 Å². The van der Waals surface area contributed by atoms with E-state index in [9.17, 15) is 5.26 Å². The summed E-state index contributed by atoms with van der Waals surface area (Å²) in [6, 6.07) is 5.12. The van der Waals surface area contributed by atoms with E-state index < -0.39 is 0 Å². The minimum atomic E-state index is -0.00575. The van der Waals surface area contributed by atoms with E-state index in [1.165, 1.54) is 12.8 Å². The van der Waals surface area contributed by atoms with Gasteiger partial charge in [0.05, 0.1) is 23.7 Å². The number of aromatic nitrogens is 3. The van der Waals surface area contributed by atoms with E-state index >= 15 is 0 Å². The molecule has 0 bridgehead atoms. The molecule has 2 aliphatic rings. The summed E-state index contributed by atoms with van der Waals surface area (Å²) in [4.78, 5) is 9.53. The Morgan fingerprint density at radius 3 is 2.85 bits per heavy atom. The maximum absolute atomic E-state index is 9.39. The van der Waals surface area contributed by atoms with E-state index in [1.54, 1.807) is 0 Å². The van der Waals surface area contributed by atoms with Gasteiger partial charge in [0, 0.05) is 37.0 Å². The number of anilines is 1. The molecular formula is C19H27N7. The number of likely N-dealkylation sites (N-methyl/N-ethyl adjacent to an activating group) is 1. The molecule has 0 amide bonds. The average molecular weight is 353 g/mol. The van der Waals surface area contributed by atoms with Crippen LogP contribution in [-0.2, 0) is 0 Å². The van der Waals surface area contributed by atoms with Gasteiger partial charge in [-0.15, -0.1) is 0 Å². The Bertz CT molecular complexity index is 836. The third-order valence-electron chi connectivity index (χ3n) is 5.89. The zero-order valence-electron chi connectivity index (χ0n) is 15.8. The molecule has 7 heteroatoms. The molecule has 7 nitrogen and oxygen atoms in total. The van der Waals surface area contributed by atoms with Crippen molar-refractivity contribution in [1.82, 2.24) is 24.8 Å². The summed E-state index contributed by atoms with van der Waals surface area (Å²) in [5, 5.41) is 17.5. The van der Waals surface area contributed by atoms with Crippen molar-refractivity contribution in [3.63, 3.8) is 0 Å². The molecule has 2 aromatic rings. The maximum Gasteiger partial charge on any atom is 0.157 e. The number of hydrogen-bond donors (Lipinski definition) is 1. The normalized spacial score (nSPS) is 27.2. The van der Waals surface area contributed by atoms with Crippen LogP contribution in [0.25, 0.3) is 5.65 Å². The molecule has 4 rings (SSSR count). The molecule has 2 aliphatic heterocycles. The Labute approximate surface area is 154 Å². The standard InChI is InChI=1S/C19H27N7/c1-13-10-26-18(8-15(23-26)17-6-4-5-7-24(17)3)22-19(13)25-11-14(9-20)16(12-25)21-2/h8,10,14,16-17,21H,4-7,11-12H2,1-3H3. The quantitative estimate of drug-likeness (QED) is 0.906. The van der Waals surface area contributed by atoms with Gasteiger partial charge in [-0.1, -0.05) is 6.42 Å². The lowest BCUT2D eigenvalue weighted by molar-refractivity contribution is 0.183. The van der Waals surface area contributed by atoms with Crippen LogP contribution >= 0.6 is 0 Å². The van der Waals surface area contributed by atoms with E-state index in [0.29, 0.717) is 6.04 Å². The number of likely N-dealkylation sites (tertiary alicyclic amines) is 1. The number of rotatable bonds is 3. The van der Waals surface area contributed by atoms with Gasteiger partial charge in [0.1, 0.15) is 5.82 Å². The molecule has 1 N–H and O–H groups in total. The van der Waals surface area contributed by atoms with Crippen molar-refractivity contribution in [2.24, 2.45) is 5.92 Å². The molecule has 0 saturated carbocycles. The Morgan fingerprint density at radius 2 is 2.15 bits per heavy atom. The van der Waals surface area contributed by atoms with Gasteiger partial charge in [-0.2, -0.15) is 10.4 Å². The Balaban J connectivity index is 1.65. The molecule has 3 atom stereocenters. The lowest BCUT2D eigenvalue weighted by Gasteiger charge is -2.30. The fraction of sp³-hybridized carbons (Fsp3) is 0.632. The molecule has 2 saturated heterocycles. The SMILES string of the molecule is CNC1CN(c2nc3cc(C4CCCCN4C)nn3cc2C)CC1C#N. The zero-order chi connectivity index (χ0) is 18.3. The molecule has 0 aliphatic carbocycles. The summed E-state index contributed by atoms with van der Waals surface area (Å²) >= 11 is 0. The van der Waals surface area contributed by atoms with Crippen molar-refractivity contribution in [3.8, 4) is 6.07 Å². The van der Waals surface area contributed by atoms with E-state index in [-0.39, 0.29) is 12.0 Å². The summed E-state index contributed by atoms with van der Waals surface area (Å²) in [5.74, 6) is 0.965. The number of aryl methyl sites for hydroxylation is 1. The molecule has 26 heavy (non-hydrogen) atoms. The van der Waals surface area contributed by atoms with Crippen molar-refractivity contribution in [3.05, 3.63) is 23.5 Å². The van der Waals surface area contributed by atoms with Crippen molar-refractivity contribution in [2.45, 2.75) is 38.3 Å². The maximum atomic E-state index is 9.39. The van der Waals surface area contributed by atoms with Crippen molar-refractivity contribution >= 4 is 11.5 Å². The Morgan fingerprint density at radius 1 is 1.31 bits per heavy atom. The Kier molecular flexibility index (Phi) is 4.55. The van der Waals surface area contributed by atoms with Crippen LogP contribution in [0.4, 0.5) is 5.82 Å². The van der Waals surface area contributed by atoms with Crippen LogP contribution in [-0.4, -0.2) is 59.3 Å². The van der Waals surface area contributed by atoms with Crippen molar-refractivity contribution < 1.29 is 0 Å². The zero-order valence-corrected chi connectivity index (χ0v) is 15.8. The lowest BCUT2D eigenvalue weighted by atomic mass is 10.0. The van der Waals surface area contributed by atoms with Crippen LogP contribution in [0.2, 0.25) is 0 Å². The van der Waals surface area contributed by atoms with Crippen LogP contribution in [0.3, 0.4) is 0 Å². The molecule has 3 unspecified atom stereocenters. The van der Waals surface area contributed by atoms with Gasteiger partial charge >= 0.3 is 0 Å². The van der Waals surface area contributed by atoms with Gasteiger partial charge in [-0.3, -0.25) is 4.90 Å². The van der Waals surface area contributed by atoms with E-state index in [0.717, 1.165) is 48.8 Å². The van der Waals surface area contributed by atoms with Gasteiger partial charge < -0.3 is 10.2 Å². The summed E-state index contributed by atoms with van der Waals surface area (Å²) in [5.41, 5.74) is 3.10. The molecule has 0 radical (unpaired) electrons. The molecular weight excluding hydrogens is 326 g/mol. The van der Waals surface area contributed by atoms with E-state index in [1.807, 2.05) is 11.6 Å². The van der Waals surface area contributed by atoms with Gasteiger partial charge in [0.25, 0.3) is 0 Å². The fourth-order valence-corrected chi connectivity index (χ4v) is 4.35. The second-order valence-corrected chi connectivity index (χ2v) is 7.65. The third kappa shape index (κ3) is 2.93. The third-order valence-corrected chi connectivity index (χ3v) is 5.89. The summed E-state index contributed by atoms with van der Waals surface area (Å²) in [7, 11) is 4.11. The fourth-order valence-electron chi connectivity index (χ4n) is 4.35. The molecule has 4 heterocycles. The largest absolute Gasteiger partial charge is 0.353 e. The summed E-state index contributed by atoms with van der Waals surface area (Å²) in [6.45, 7) is 4.73. The highest BCUT2D eigenvalue weighted by atomic mass is 15.3. The van der Waals surface area contributed by atoms with Crippen molar-refractivity contribution in [1.29, 1.82) is 5.26 Å². The predicted molar refractivity (Wildman–Crippen MR) is 101 cm³/mol. The number of nitrogens with zero attached hydrogens (tertiary/aromatic N) is 6. The first-order chi connectivity index (χ1) is 12.6. The highest BCUT2D eigenvalue weighted by molar-refractivity contribution is 5.54. The second kappa shape index (κ2) is 6.86. The van der Waals surface area contributed by atoms with Crippen LogP contribution in [0.5, 0.6) is 0 Å². The molecule has 2 aromatic heterocycles. The van der Waals surface area contributed by atoms with Gasteiger partial charge in [0.15, 0.2) is 5.65 Å². The van der Waals surface area contributed by atoms with Crippen molar-refractivity contribution in [2.75, 3.05) is 38.6 Å². The molecule has 2 fully saturated rings. The average Bonchev–Trinajstić information content (AvgIpc) is 3.24. The van der Waals surface area contributed by atoms with Crippen LogP contribution in [0, 0.1) is 24.2 Å². The topological polar surface area (TPSA) is 72.5 Å². The number of nitriles is 1. The molecule has 0 spiro atoms.